The van der Waals surface area contributed by atoms with Gasteiger partial charge in [-0.1, -0.05) is 0 Å². The van der Waals surface area contributed by atoms with Crippen molar-refractivity contribution < 1.29 is 128 Å². The van der Waals surface area contributed by atoms with E-state index in [2.05, 4.69) is 0 Å². The fourth-order valence-electron chi connectivity index (χ4n) is 0. The summed E-state index contributed by atoms with van der Waals surface area (Å²) < 4.78 is 104. The van der Waals surface area contributed by atoms with Gasteiger partial charge in [0.05, 0.1) is 0 Å². The molecule has 0 saturated carbocycles. The van der Waals surface area contributed by atoms with Gasteiger partial charge in [-0.15, -0.1) is 0 Å². The molecule has 0 unspecified atom stereocenters. The first-order chi connectivity index (χ1) is 6.00. The summed E-state index contributed by atoms with van der Waals surface area (Å²) >= 11 is -18.5. The van der Waals surface area contributed by atoms with Crippen molar-refractivity contribution in [1.82, 2.24) is 0 Å². The van der Waals surface area contributed by atoms with Crippen molar-refractivity contribution in [3.05, 3.63) is 0 Å². The molecule has 0 fully saturated rings. The van der Waals surface area contributed by atoms with E-state index in [4.69, 9.17) is 42.9 Å². The van der Waals surface area contributed by atoms with Gasteiger partial charge in [0, 0.05) is 0 Å². The van der Waals surface area contributed by atoms with E-state index in [0.29, 0.717) is 0 Å². The van der Waals surface area contributed by atoms with Crippen LogP contribution in [-0.2, 0) is 105 Å². The first-order valence-corrected chi connectivity index (χ1v) is 16.4. The monoisotopic (exact) mass is 848 g/mol. The summed E-state index contributed by atoms with van der Waals surface area (Å²) in [7, 11) is 0. The Morgan fingerprint density at radius 3 is 0.412 bits per heavy atom. The van der Waals surface area contributed by atoms with Gasteiger partial charge in [-0.25, -0.2) is 0 Å². The molecule has 0 bridgehead atoms. The van der Waals surface area contributed by atoms with Crippen LogP contribution in [0.4, 0.5) is 0 Å². The van der Waals surface area contributed by atoms with Gasteiger partial charge in [0.1, 0.15) is 0 Å². The van der Waals surface area contributed by atoms with Crippen molar-refractivity contribution in [2.24, 2.45) is 0 Å². The zero-order valence-corrected chi connectivity index (χ0v) is 18.3. The Kier molecular flexibility index (Phi) is 23.3. The van der Waals surface area contributed by atoms with Crippen LogP contribution in [0.1, 0.15) is 0 Å². The van der Waals surface area contributed by atoms with E-state index in [1.165, 1.54) is 0 Å². The molecule has 0 saturated heterocycles. The zero-order chi connectivity index (χ0) is 13.5. The first-order valence-electron chi connectivity index (χ1n) is 2.00. The molecule has 17 heavy (non-hydrogen) atoms. The van der Waals surface area contributed by atoms with Gasteiger partial charge in [0.25, 0.3) is 0 Å². The first kappa shape index (κ1) is 31.2. The predicted molar refractivity (Wildman–Crippen MR) is 4.12 cm³/mol. The Balaban J connectivity index is -0.0000000400. The summed E-state index contributed by atoms with van der Waals surface area (Å²) in [5.41, 5.74) is 0. The summed E-state index contributed by atoms with van der Waals surface area (Å²) in [6.07, 6.45) is 0. The van der Waals surface area contributed by atoms with E-state index in [-0.39, 0.29) is 34.7 Å². The van der Waals surface area contributed by atoms with Crippen molar-refractivity contribution in [2.75, 3.05) is 0 Å². The molecular formula is Cr2O12W3. The van der Waals surface area contributed by atoms with Gasteiger partial charge in [-0.3, -0.25) is 0 Å². The van der Waals surface area contributed by atoms with E-state index in [1.807, 2.05) is 0 Å². The molecular weight excluding hydrogens is 848 g/mol. The van der Waals surface area contributed by atoms with Crippen LogP contribution in [0.15, 0.2) is 0 Å². The molecule has 0 spiro atoms. The van der Waals surface area contributed by atoms with Gasteiger partial charge in [-0.2, -0.15) is 0 Å². The third-order valence-corrected chi connectivity index (χ3v) is 0. The van der Waals surface area contributed by atoms with Crippen molar-refractivity contribution in [3.8, 4) is 0 Å². The molecule has 0 aliphatic carbocycles. The van der Waals surface area contributed by atoms with Crippen molar-refractivity contribution >= 4 is 0 Å². The Bertz CT molecular complexity index is 341. The second-order valence-electron chi connectivity index (χ2n) is 1.22. The third kappa shape index (κ3) is 1520. The molecule has 0 N–H and O–H groups in total. The minimum absolute atomic E-state index is 0. The van der Waals surface area contributed by atoms with Crippen LogP contribution in [0.2, 0.25) is 0 Å². The van der Waals surface area contributed by atoms with Crippen LogP contribution in [0.25, 0.3) is 0 Å². The molecule has 0 aromatic heterocycles. The van der Waals surface area contributed by atoms with Crippen LogP contribution in [0, 0.1) is 0 Å². The maximum atomic E-state index is 8.65. The number of rotatable bonds is 0. The quantitative estimate of drug-likeness (QED) is 0.221. The van der Waals surface area contributed by atoms with E-state index >= 15 is 0 Å². The fraction of sp³-hybridized carbons (Fsp3) is 0. The Morgan fingerprint density at radius 2 is 0.412 bits per heavy atom. The minimum atomic E-state index is -6.17. The molecule has 0 atom stereocenters. The second-order valence-corrected chi connectivity index (χ2v) is 10.0. The van der Waals surface area contributed by atoms with Crippen LogP contribution in [0.3, 0.4) is 0 Å². The Hall–Kier alpha value is 1.69. The van der Waals surface area contributed by atoms with E-state index in [9.17, 15) is 0 Å². The summed E-state index contributed by atoms with van der Waals surface area (Å²) in [5.74, 6) is 0. The van der Waals surface area contributed by atoms with Crippen LogP contribution in [-0.4, -0.2) is 0 Å². The fourth-order valence-corrected chi connectivity index (χ4v) is 0. The molecule has 12 nitrogen and oxygen atoms in total. The second kappa shape index (κ2) is 12.7. The third-order valence-electron chi connectivity index (χ3n) is 0. The summed E-state index contributed by atoms with van der Waals surface area (Å²) in [4.78, 5) is 0. The van der Waals surface area contributed by atoms with Crippen molar-refractivity contribution in [1.29, 1.82) is 0 Å². The Labute approximate surface area is 126 Å². The topological polar surface area (TPSA) is 241 Å². The van der Waals surface area contributed by atoms with Gasteiger partial charge in [0.15, 0.2) is 0 Å². The standard InChI is InChI=1S/2Cr.12O.3W/q2*+3;;;;;;;6*-1;;;. The number of hydrogen-bond donors (Lipinski definition) is 0. The van der Waals surface area contributed by atoms with E-state index < -0.39 is 50.2 Å². The van der Waals surface area contributed by atoms with E-state index in [1.54, 1.807) is 0 Å². The molecule has 0 aromatic carbocycles. The molecule has 2 radical (unpaired) electrons. The van der Waals surface area contributed by atoms with Gasteiger partial charge in [0.2, 0.25) is 0 Å². The Morgan fingerprint density at radius 1 is 0.412 bits per heavy atom. The van der Waals surface area contributed by atoms with Crippen LogP contribution >= 0.6 is 0 Å². The van der Waals surface area contributed by atoms with Gasteiger partial charge >= 0.3 is 128 Å². The molecule has 0 amide bonds. The normalized spacial score (nSPS) is 10.2. The average molecular weight is 848 g/mol. The molecule has 0 heterocycles. The molecule has 0 aliphatic heterocycles. The van der Waals surface area contributed by atoms with Gasteiger partial charge < -0.3 is 0 Å². The molecule has 0 aromatic rings. The summed E-state index contributed by atoms with van der Waals surface area (Å²) in [5, 5.41) is 0. The van der Waals surface area contributed by atoms with Crippen LogP contribution < -0.4 is 22.6 Å². The zero-order valence-electron chi connectivity index (χ0n) is 6.94. The number of hydrogen-bond acceptors (Lipinski definition) is 12. The average Bonchev–Trinajstić information content (AvgIpc) is 1.41. The summed E-state index contributed by atoms with van der Waals surface area (Å²) in [6.45, 7) is 0. The molecule has 102 valence electrons. The van der Waals surface area contributed by atoms with E-state index in [0.717, 1.165) is 0 Å². The van der Waals surface area contributed by atoms with Gasteiger partial charge in [-0.05, 0) is 0 Å². The molecule has 17 heteroatoms. The maximum absolute atomic E-state index is 8.65. The molecule has 0 rings (SSSR count). The van der Waals surface area contributed by atoms with Crippen molar-refractivity contribution in [3.63, 3.8) is 0 Å². The summed E-state index contributed by atoms with van der Waals surface area (Å²) in [6, 6.07) is 0. The van der Waals surface area contributed by atoms with Crippen LogP contribution in [0.5, 0.6) is 0 Å². The SMILES string of the molecule is [Cr+3].[Cr+3].[O]=[W](=[O])([O-])[O-].[O]=[W](=[O])([O-])[O-].[O]=[W](=[O])([O-])[O-]. The predicted octanol–water partition coefficient (Wildman–Crippen LogP) is -7.86. The van der Waals surface area contributed by atoms with Crippen molar-refractivity contribution in [2.45, 2.75) is 0 Å². The molecule has 0 aliphatic rings.